The molecule has 0 bridgehead atoms. The molecule has 0 aromatic heterocycles. The van der Waals surface area contributed by atoms with Gasteiger partial charge in [-0.2, -0.15) is 0 Å². The first-order chi connectivity index (χ1) is 15.1. The predicted octanol–water partition coefficient (Wildman–Crippen LogP) is 2.57. The first-order valence-electron chi connectivity index (χ1n) is 10.0. The van der Waals surface area contributed by atoms with Crippen molar-refractivity contribution in [2.45, 2.75) is 29.7 Å². The number of amidine groups is 1. The monoisotopic (exact) mass is 474 g/mol. The van der Waals surface area contributed by atoms with Crippen molar-refractivity contribution in [3.8, 4) is 0 Å². The molecule has 0 saturated carbocycles. The summed E-state index contributed by atoms with van der Waals surface area (Å²) < 4.78 is 27.1. The fourth-order valence-corrected chi connectivity index (χ4v) is 5.11. The highest BCUT2D eigenvalue weighted by Gasteiger charge is 2.33. The normalized spacial score (nSPS) is 16.3. The van der Waals surface area contributed by atoms with E-state index in [1.165, 1.54) is 29.8 Å². The largest absolute Gasteiger partial charge is 0.335 e. The van der Waals surface area contributed by atoms with Crippen LogP contribution in [0.4, 0.5) is 5.69 Å². The molecule has 1 atom stereocenters. The third-order valence-electron chi connectivity index (χ3n) is 4.95. The lowest BCUT2D eigenvalue weighted by Gasteiger charge is -2.24. The number of rotatable bonds is 7. The Labute approximate surface area is 192 Å². The number of nitrogens with zero attached hydrogens (tertiary/aromatic N) is 2. The van der Waals surface area contributed by atoms with Gasteiger partial charge in [-0.15, -0.1) is 11.8 Å². The Morgan fingerprint density at radius 3 is 2.47 bits per heavy atom. The van der Waals surface area contributed by atoms with Crippen LogP contribution in [-0.4, -0.2) is 56.9 Å². The van der Waals surface area contributed by atoms with Crippen LogP contribution in [0.3, 0.4) is 0 Å². The number of thioether (sulfide) groups is 1. The number of hydrogen-bond donors (Lipinski definition) is 2. The Bertz CT molecular complexity index is 1160. The molecule has 2 amide bonds. The number of amides is 2. The maximum atomic E-state index is 13.1. The van der Waals surface area contributed by atoms with Gasteiger partial charge in [-0.25, -0.2) is 8.42 Å². The number of nitrogens with one attached hydrogen (secondary N) is 2. The van der Waals surface area contributed by atoms with Crippen LogP contribution in [0.2, 0.25) is 0 Å². The third kappa shape index (κ3) is 5.13. The first kappa shape index (κ1) is 23.8. The van der Waals surface area contributed by atoms with E-state index in [0.29, 0.717) is 11.3 Å². The van der Waals surface area contributed by atoms with E-state index in [1.807, 2.05) is 38.3 Å². The number of benzene rings is 2. The summed E-state index contributed by atoms with van der Waals surface area (Å²) in [5, 5.41) is 2.83. The molecule has 170 valence electrons. The van der Waals surface area contributed by atoms with Gasteiger partial charge >= 0.3 is 0 Å². The Morgan fingerprint density at radius 1 is 1.12 bits per heavy atom. The van der Waals surface area contributed by atoms with Gasteiger partial charge in [-0.3, -0.25) is 19.3 Å². The summed E-state index contributed by atoms with van der Waals surface area (Å²) in [6.45, 7) is 3.49. The van der Waals surface area contributed by atoms with Gasteiger partial charge in [0.15, 0.2) is 0 Å². The summed E-state index contributed by atoms with van der Waals surface area (Å²) in [5.41, 5.74) is 1.11. The van der Waals surface area contributed by atoms with E-state index in [2.05, 4.69) is 15.0 Å². The molecule has 0 spiro atoms. The quantitative estimate of drug-likeness (QED) is 0.600. The van der Waals surface area contributed by atoms with Crippen LogP contribution in [-0.2, 0) is 19.6 Å². The molecule has 1 aliphatic heterocycles. The molecule has 0 aliphatic carbocycles. The highest BCUT2D eigenvalue weighted by atomic mass is 32.2. The van der Waals surface area contributed by atoms with Crippen LogP contribution < -0.4 is 10.0 Å². The van der Waals surface area contributed by atoms with Crippen LogP contribution >= 0.6 is 11.8 Å². The molecule has 1 heterocycles. The number of fused-ring (bicyclic) bond motifs is 1. The van der Waals surface area contributed by atoms with Crippen molar-refractivity contribution in [2.24, 2.45) is 10.9 Å². The van der Waals surface area contributed by atoms with Gasteiger partial charge in [-0.05, 0) is 36.4 Å². The number of para-hydroxylation sites is 1. The first-order valence-corrected chi connectivity index (χ1v) is 12.7. The van der Waals surface area contributed by atoms with Gasteiger partial charge in [-0.1, -0.05) is 38.1 Å². The van der Waals surface area contributed by atoms with Crippen LogP contribution in [0.15, 0.2) is 63.3 Å². The topological polar surface area (TPSA) is 108 Å². The van der Waals surface area contributed by atoms with Gasteiger partial charge in [0.05, 0.1) is 17.1 Å². The van der Waals surface area contributed by atoms with Crippen LogP contribution in [0.1, 0.15) is 19.4 Å². The van der Waals surface area contributed by atoms with E-state index in [9.17, 15) is 18.0 Å². The molecule has 0 unspecified atom stereocenters. The number of carbonyl (C=O) groups excluding carboxylic acids is 2. The van der Waals surface area contributed by atoms with Gasteiger partial charge in [0.2, 0.25) is 11.8 Å². The molecule has 10 heteroatoms. The number of sulfonamides is 1. The van der Waals surface area contributed by atoms with Gasteiger partial charge in [0.25, 0.3) is 10.0 Å². The predicted molar refractivity (Wildman–Crippen MR) is 126 cm³/mol. The van der Waals surface area contributed by atoms with E-state index in [-0.39, 0.29) is 35.0 Å². The van der Waals surface area contributed by atoms with Crippen molar-refractivity contribution in [1.29, 1.82) is 0 Å². The fraction of sp³-hybridized carbons (Fsp3) is 0.318. The number of likely N-dealkylation sites (N-methyl/N-ethyl adjacent to an activating group) is 1. The van der Waals surface area contributed by atoms with Gasteiger partial charge in [0.1, 0.15) is 11.9 Å². The lowest BCUT2D eigenvalue weighted by Crippen LogP contribution is -2.43. The average Bonchev–Trinajstić information content (AvgIpc) is 3.01. The summed E-state index contributed by atoms with van der Waals surface area (Å²) >= 11 is 1.51. The molecule has 0 radical (unpaired) electrons. The molecular weight excluding hydrogens is 448 g/mol. The molecule has 3 rings (SSSR count). The molecule has 2 aromatic carbocycles. The Kier molecular flexibility index (Phi) is 7.25. The SMILES string of the molecule is CSc1ccccc1NC(=O)CN(C)C(=O)[C@@H](N=C1NS(=O)(=O)c2ccccc21)C(C)C. The second-order valence-corrected chi connectivity index (χ2v) is 10.2. The fourth-order valence-electron chi connectivity index (χ4n) is 3.32. The van der Waals surface area contributed by atoms with Crippen molar-refractivity contribution < 1.29 is 18.0 Å². The molecule has 1 aliphatic rings. The lowest BCUT2D eigenvalue weighted by atomic mass is 10.0. The highest BCUT2D eigenvalue weighted by Crippen LogP contribution is 2.25. The smallest absolute Gasteiger partial charge is 0.263 e. The van der Waals surface area contributed by atoms with Gasteiger partial charge in [0, 0.05) is 17.5 Å². The molecular formula is C22H26N4O4S2. The third-order valence-corrected chi connectivity index (χ3v) is 7.15. The van der Waals surface area contributed by atoms with Crippen molar-refractivity contribution in [1.82, 2.24) is 9.62 Å². The summed E-state index contributed by atoms with van der Waals surface area (Å²) in [4.78, 5) is 32.5. The zero-order chi connectivity index (χ0) is 23.5. The van der Waals surface area contributed by atoms with Crippen LogP contribution in [0, 0.1) is 5.92 Å². The van der Waals surface area contributed by atoms with E-state index in [1.54, 1.807) is 24.3 Å². The number of hydrogen-bond acceptors (Lipinski definition) is 6. The minimum Gasteiger partial charge on any atom is -0.335 e. The van der Waals surface area contributed by atoms with Crippen molar-refractivity contribution in [2.75, 3.05) is 25.2 Å². The average molecular weight is 475 g/mol. The number of carbonyl (C=O) groups is 2. The highest BCUT2D eigenvalue weighted by molar-refractivity contribution is 7.98. The minimum absolute atomic E-state index is 0.133. The molecule has 32 heavy (non-hydrogen) atoms. The molecule has 0 saturated heterocycles. The maximum absolute atomic E-state index is 13.1. The summed E-state index contributed by atoms with van der Waals surface area (Å²) in [6, 6.07) is 13.1. The van der Waals surface area contributed by atoms with Crippen LogP contribution in [0.25, 0.3) is 0 Å². The van der Waals surface area contributed by atoms with Crippen molar-refractivity contribution in [3.05, 3.63) is 54.1 Å². The van der Waals surface area contributed by atoms with Crippen molar-refractivity contribution >= 4 is 45.1 Å². The van der Waals surface area contributed by atoms with Crippen molar-refractivity contribution in [3.63, 3.8) is 0 Å². The molecule has 2 aromatic rings. The zero-order valence-electron chi connectivity index (χ0n) is 18.3. The minimum atomic E-state index is -3.70. The van der Waals surface area contributed by atoms with E-state index in [0.717, 1.165) is 4.90 Å². The number of anilines is 1. The Balaban J connectivity index is 1.77. The van der Waals surface area contributed by atoms with Crippen LogP contribution in [0.5, 0.6) is 0 Å². The van der Waals surface area contributed by atoms with E-state index in [4.69, 9.17) is 0 Å². The molecule has 0 fully saturated rings. The summed E-state index contributed by atoms with van der Waals surface area (Å²) in [6.07, 6.45) is 1.92. The maximum Gasteiger partial charge on any atom is 0.263 e. The summed E-state index contributed by atoms with van der Waals surface area (Å²) in [5.74, 6) is -0.775. The standard InChI is InChI=1S/C22H26N4O4S2/c1-14(2)20(24-21-15-9-5-8-12-18(15)32(29,30)25-21)22(28)26(3)13-19(27)23-16-10-6-7-11-17(16)31-4/h5-12,14,20H,13H2,1-4H3,(H,23,27)(H,24,25)/t20-/m0/s1. The Hall–Kier alpha value is -2.85. The lowest BCUT2D eigenvalue weighted by molar-refractivity contribution is -0.135. The molecule has 8 nitrogen and oxygen atoms in total. The second kappa shape index (κ2) is 9.74. The molecule has 2 N–H and O–H groups in total. The van der Waals surface area contributed by atoms with E-state index < -0.39 is 16.1 Å². The van der Waals surface area contributed by atoms with Gasteiger partial charge < -0.3 is 10.2 Å². The van der Waals surface area contributed by atoms with E-state index >= 15 is 0 Å². The Morgan fingerprint density at radius 2 is 1.78 bits per heavy atom. The second-order valence-electron chi connectivity index (χ2n) is 7.71. The zero-order valence-corrected chi connectivity index (χ0v) is 20.0. The number of aliphatic imine (C=N–C) groups is 1. The summed E-state index contributed by atoms with van der Waals surface area (Å²) in [7, 11) is -2.17.